The van der Waals surface area contributed by atoms with Crippen LogP contribution < -0.4 is 9.46 Å². The molecule has 1 aliphatic rings. The van der Waals surface area contributed by atoms with Gasteiger partial charge in [0, 0.05) is 26.2 Å². The van der Waals surface area contributed by atoms with Crippen LogP contribution in [0.1, 0.15) is 6.92 Å². The molecule has 7 heteroatoms. The zero-order valence-electron chi connectivity index (χ0n) is 13.1. The second kappa shape index (κ2) is 7.92. The molecule has 0 amide bonds. The fourth-order valence-electron chi connectivity index (χ4n) is 2.38. The lowest BCUT2D eigenvalue weighted by atomic mass is 10.1. The van der Waals surface area contributed by atoms with E-state index in [-0.39, 0.29) is 10.8 Å². The van der Waals surface area contributed by atoms with Gasteiger partial charge in [0.25, 0.3) is 0 Å². The SMILES string of the molecule is COc1ccc(S(=O)(=O)NCC(C)CN2CCOCC2)cc1. The van der Waals surface area contributed by atoms with Crippen LogP contribution >= 0.6 is 0 Å². The standard InChI is InChI=1S/C15H24N2O4S/c1-13(12-17-7-9-21-10-8-17)11-16-22(18,19)15-5-3-14(20-2)4-6-15/h3-6,13,16H,7-12H2,1-2H3. The van der Waals surface area contributed by atoms with Crippen molar-refractivity contribution in [3.05, 3.63) is 24.3 Å². The van der Waals surface area contributed by atoms with E-state index in [2.05, 4.69) is 9.62 Å². The van der Waals surface area contributed by atoms with Crippen molar-refractivity contribution < 1.29 is 17.9 Å². The van der Waals surface area contributed by atoms with Crippen molar-refractivity contribution >= 4 is 10.0 Å². The molecule has 1 heterocycles. The predicted octanol–water partition coefficient (Wildman–Crippen LogP) is 0.942. The number of methoxy groups -OCH3 is 1. The van der Waals surface area contributed by atoms with Gasteiger partial charge in [0.1, 0.15) is 5.75 Å². The third-order valence-corrected chi connectivity index (χ3v) is 5.10. The van der Waals surface area contributed by atoms with Gasteiger partial charge in [-0.3, -0.25) is 4.90 Å². The number of hydrogen-bond donors (Lipinski definition) is 1. The molecule has 1 aliphatic heterocycles. The Morgan fingerprint density at radius 2 is 1.91 bits per heavy atom. The van der Waals surface area contributed by atoms with Crippen molar-refractivity contribution in [3.63, 3.8) is 0 Å². The average molecular weight is 328 g/mol. The topological polar surface area (TPSA) is 67.9 Å². The number of morpholine rings is 1. The van der Waals surface area contributed by atoms with Crippen LogP contribution in [0.3, 0.4) is 0 Å². The molecule has 1 N–H and O–H groups in total. The monoisotopic (exact) mass is 328 g/mol. The van der Waals surface area contributed by atoms with Gasteiger partial charge in [0.05, 0.1) is 25.2 Å². The van der Waals surface area contributed by atoms with Crippen LogP contribution in [0.15, 0.2) is 29.2 Å². The lowest BCUT2D eigenvalue weighted by Gasteiger charge is -2.29. The van der Waals surface area contributed by atoms with E-state index in [1.165, 1.54) is 0 Å². The summed E-state index contributed by atoms with van der Waals surface area (Å²) in [4.78, 5) is 2.56. The lowest BCUT2D eigenvalue weighted by Crippen LogP contribution is -2.41. The van der Waals surface area contributed by atoms with Crippen molar-refractivity contribution in [2.75, 3.05) is 46.5 Å². The minimum Gasteiger partial charge on any atom is -0.497 e. The zero-order chi connectivity index (χ0) is 16.0. The van der Waals surface area contributed by atoms with E-state index >= 15 is 0 Å². The van der Waals surface area contributed by atoms with Crippen LogP contribution in [-0.4, -0.2) is 59.8 Å². The number of rotatable bonds is 7. The van der Waals surface area contributed by atoms with Gasteiger partial charge in [0.2, 0.25) is 10.0 Å². The molecule has 0 spiro atoms. The number of hydrogen-bond acceptors (Lipinski definition) is 5. The third-order valence-electron chi connectivity index (χ3n) is 3.67. The highest BCUT2D eigenvalue weighted by Gasteiger charge is 2.18. The molecule has 2 rings (SSSR count). The normalized spacial score (nSPS) is 18.1. The molecule has 1 saturated heterocycles. The predicted molar refractivity (Wildman–Crippen MR) is 84.6 cm³/mol. The highest BCUT2D eigenvalue weighted by Crippen LogP contribution is 2.15. The van der Waals surface area contributed by atoms with Crippen molar-refractivity contribution in [1.29, 1.82) is 0 Å². The van der Waals surface area contributed by atoms with E-state index in [1.807, 2.05) is 6.92 Å². The highest BCUT2D eigenvalue weighted by molar-refractivity contribution is 7.89. The molecule has 1 unspecified atom stereocenters. The van der Waals surface area contributed by atoms with Crippen LogP contribution in [0.4, 0.5) is 0 Å². The Kier molecular flexibility index (Phi) is 6.19. The molecule has 0 saturated carbocycles. The highest BCUT2D eigenvalue weighted by atomic mass is 32.2. The maximum Gasteiger partial charge on any atom is 0.240 e. The number of nitrogens with one attached hydrogen (secondary N) is 1. The Morgan fingerprint density at radius 1 is 1.27 bits per heavy atom. The molecular weight excluding hydrogens is 304 g/mol. The number of benzene rings is 1. The third kappa shape index (κ3) is 4.95. The number of sulfonamides is 1. The quantitative estimate of drug-likeness (QED) is 0.807. The summed E-state index contributed by atoms with van der Waals surface area (Å²) >= 11 is 0. The molecule has 1 aromatic rings. The zero-order valence-corrected chi connectivity index (χ0v) is 13.9. The van der Waals surface area contributed by atoms with Crippen molar-refractivity contribution in [1.82, 2.24) is 9.62 Å². The van der Waals surface area contributed by atoms with Gasteiger partial charge in [-0.05, 0) is 30.2 Å². The fourth-order valence-corrected chi connectivity index (χ4v) is 3.54. The summed E-state index contributed by atoms with van der Waals surface area (Å²) in [7, 11) is -1.92. The fraction of sp³-hybridized carbons (Fsp3) is 0.600. The summed E-state index contributed by atoms with van der Waals surface area (Å²) in [6.45, 7) is 6.67. The maximum absolute atomic E-state index is 12.2. The lowest BCUT2D eigenvalue weighted by molar-refractivity contribution is 0.0321. The van der Waals surface area contributed by atoms with Crippen LogP contribution in [0.25, 0.3) is 0 Å². The molecule has 1 atom stereocenters. The maximum atomic E-state index is 12.2. The van der Waals surface area contributed by atoms with Gasteiger partial charge in [0.15, 0.2) is 0 Å². The summed E-state index contributed by atoms with van der Waals surface area (Å²) in [6.07, 6.45) is 0. The van der Waals surface area contributed by atoms with E-state index < -0.39 is 10.0 Å². The summed E-state index contributed by atoms with van der Waals surface area (Å²) < 4.78 is 37.5. The second-order valence-electron chi connectivity index (χ2n) is 5.55. The van der Waals surface area contributed by atoms with Gasteiger partial charge >= 0.3 is 0 Å². The Hall–Kier alpha value is -1.15. The molecule has 0 aromatic heterocycles. The van der Waals surface area contributed by atoms with Gasteiger partial charge in [-0.15, -0.1) is 0 Å². The van der Waals surface area contributed by atoms with Crippen LogP contribution in [0.2, 0.25) is 0 Å². The molecule has 22 heavy (non-hydrogen) atoms. The van der Waals surface area contributed by atoms with E-state index in [4.69, 9.17) is 9.47 Å². The molecular formula is C15H24N2O4S. The summed E-state index contributed by atoms with van der Waals surface area (Å²) in [5.41, 5.74) is 0. The van der Waals surface area contributed by atoms with E-state index in [0.717, 1.165) is 32.8 Å². The Labute approximate surface area is 132 Å². The Balaban J connectivity index is 1.85. The van der Waals surface area contributed by atoms with Crippen molar-refractivity contribution in [3.8, 4) is 5.75 Å². The second-order valence-corrected chi connectivity index (χ2v) is 7.31. The first kappa shape index (κ1) is 17.2. The summed E-state index contributed by atoms with van der Waals surface area (Å²) in [5.74, 6) is 0.880. The van der Waals surface area contributed by atoms with E-state index in [1.54, 1.807) is 31.4 Å². The van der Waals surface area contributed by atoms with Gasteiger partial charge in [-0.25, -0.2) is 13.1 Å². The molecule has 6 nitrogen and oxygen atoms in total. The largest absolute Gasteiger partial charge is 0.497 e. The molecule has 0 aliphatic carbocycles. The minimum atomic E-state index is -3.47. The molecule has 124 valence electrons. The first-order chi connectivity index (χ1) is 10.5. The van der Waals surface area contributed by atoms with Crippen LogP contribution in [0.5, 0.6) is 5.75 Å². The molecule has 1 aromatic carbocycles. The first-order valence-corrected chi connectivity index (χ1v) is 8.93. The summed E-state index contributed by atoms with van der Waals surface area (Å²) in [5, 5.41) is 0. The van der Waals surface area contributed by atoms with Gasteiger partial charge in [-0.1, -0.05) is 6.92 Å². The molecule has 0 bridgehead atoms. The van der Waals surface area contributed by atoms with Crippen molar-refractivity contribution in [2.45, 2.75) is 11.8 Å². The molecule has 0 radical (unpaired) electrons. The minimum absolute atomic E-state index is 0.242. The number of ether oxygens (including phenoxy) is 2. The van der Waals surface area contributed by atoms with Crippen LogP contribution in [-0.2, 0) is 14.8 Å². The van der Waals surface area contributed by atoms with Gasteiger partial charge in [-0.2, -0.15) is 0 Å². The summed E-state index contributed by atoms with van der Waals surface area (Å²) in [6, 6.07) is 6.39. The first-order valence-electron chi connectivity index (χ1n) is 7.45. The number of nitrogens with zero attached hydrogens (tertiary/aromatic N) is 1. The average Bonchev–Trinajstić information content (AvgIpc) is 2.54. The van der Waals surface area contributed by atoms with Crippen LogP contribution in [0, 0.1) is 5.92 Å². The Morgan fingerprint density at radius 3 is 2.50 bits per heavy atom. The van der Waals surface area contributed by atoms with E-state index in [9.17, 15) is 8.42 Å². The molecule has 1 fully saturated rings. The van der Waals surface area contributed by atoms with Gasteiger partial charge < -0.3 is 9.47 Å². The smallest absolute Gasteiger partial charge is 0.240 e. The Bertz CT molecular complexity index is 553. The van der Waals surface area contributed by atoms with E-state index in [0.29, 0.717) is 12.3 Å². The van der Waals surface area contributed by atoms with Crippen molar-refractivity contribution in [2.24, 2.45) is 5.92 Å².